The first kappa shape index (κ1) is 16.8. The maximum absolute atomic E-state index is 11.7. The lowest BCUT2D eigenvalue weighted by Crippen LogP contribution is -2.03. The van der Waals surface area contributed by atoms with Gasteiger partial charge in [-0.25, -0.2) is 4.79 Å². The van der Waals surface area contributed by atoms with Crippen molar-refractivity contribution < 1.29 is 23.8 Å². The Hall–Kier alpha value is -2.53. The van der Waals surface area contributed by atoms with Crippen molar-refractivity contribution in [3.8, 4) is 17.2 Å². The zero-order chi connectivity index (χ0) is 17.0. The lowest BCUT2D eigenvalue weighted by molar-refractivity contribution is 0.0600. The molecule has 0 aromatic heterocycles. The van der Waals surface area contributed by atoms with E-state index >= 15 is 0 Å². The van der Waals surface area contributed by atoms with Gasteiger partial charge in [-0.05, 0) is 42.8 Å². The van der Waals surface area contributed by atoms with Crippen LogP contribution in [0.5, 0.6) is 17.2 Å². The second-order valence-corrected chi connectivity index (χ2v) is 5.13. The normalized spacial score (nSPS) is 10.1. The van der Waals surface area contributed by atoms with Gasteiger partial charge in [0.2, 0.25) is 0 Å². The monoisotopic (exact) mass is 334 g/mol. The Kier molecular flexibility index (Phi) is 5.24. The van der Waals surface area contributed by atoms with Crippen LogP contribution in [-0.4, -0.2) is 26.5 Å². The molecular weight excluding hydrogens is 320 g/mol. The van der Waals surface area contributed by atoms with Gasteiger partial charge < -0.3 is 14.2 Å². The SMILES string of the molecule is COC(=O)c1cc(C)c(Oc2ccc(C=O)cc2Cl)c(OC)c1. The minimum Gasteiger partial charge on any atom is -0.493 e. The summed E-state index contributed by atoms with van der Waals surface area (Å²) in [7, 11) is 2.78. The molecule has 0 unspecified atom stereocenters. The number of methoxy groups -OCH3 is 2. The summed E-state index contributed by atoms with van der Waals surface area (Å²) in [6, 6.07) is 7.87. The van der Waals surface area contributed by atoms with Crippen molar-refractivity contribution >= 4 is 23.9 Å². The minimum atomic E-state index is -0.466. The van der Waals surface area contributed by atoms with Gasteiger partial charge in [0, 0.05) is 5.56 Å². The predicted octanol–water partition coefficient (Wildman–Crippen LogP) is 4.05. The molecule has 0 aliphatic carbocycles. The largest absolute Gasteiger partial charge is 0.493 e. The summed E-state index contributed by atoms with van der Waals surface area (Å²) in [4.78, 5) is 22.4. The maximum Gasteiger partial charge on any atom is 0.337 e. The first-order valence-electron chi connectivity index (χ1n) is 6.69. The van der Waals surface area contributed by atoms with Gasteiger partial charge in [0.15, 0.2) is 11.5 Å². The van der Waals surface area contributed by atoms with Crippen LogP contribution in [0.15, 0.2) is 30.3 Å². The highest BCUT2D eigenvalue weighted by molar-refractivity contribution is 6.32. The van der Waals surface area contributed by atoms with Crippen LogP contribution in [0.25, 0.3) is 0 Å². The molecule has 5 nitrogen and oxygen atoms in total. The standard InChI is InChI=1S/C17H15ClO5/c1-10-6-12(17(20)22-3)8-15(21-2)16(10)23-14-5-4-11(9-19)7-13(14)18/h4-9H,1-3H3. The summed E-state index contributed by atoms with van der Waals surface area (Å²) < 4.78 is 15.8. The second kappa shape index (κ2) is 7.15. The van der Waals surface area contributed by atoms with Crippen LogP contribution in [0.2, 0.25) is 5.02 Å². The summed E-state index contributed by atoms with van der Waals surface area (Å²) in [5, 5.41) is 0.299. The number of esters is 1. The molecule has 0 spiro atoms. The summed E-state index contributed by atoms with van der Waals surface area (Å²) >= 11 is 6.11. The van der Waals surface area contributed by atoms with E-state index in [0.717, 1.165) is 0 Å². The molecule has 0 saturated heterocycles. The minimum absolute atomic E-state index is 0.299. The number of carbonyl (C=O) groups excluding carboxylic acids is 2. The molecule has 0 radical (unpaired) electrons. The van der Waals surface area contributed by atoms with Crippen LogP contribution in [0.3, 0.4) is 0 Å². The summed E-state index contributed by atoms with van der Waals surface area (Å²) in [5.74, 6) is 0.720. The lowest BCUT2D eigenvalue weighted by Gasteiger charge is -2.15. The molecule has 2 aromatic carbocycles. The zero-order valence-electron chi connectivity index (χ0n) is 12.9. The summed E-state index contributed by atoms with van der Waals surface area (Å²) in [5.41, 5.74) is 1.49. The predicted molar refractivity (Wildman–Crippen MR) is 86.0 cm³/mol. The quantitative estimate of drug-likeness (QED) is 0.609. The molecule has 0 heterocycles. The molecule has 23 heavy (non-hydrogen) atoms. The van der Waals surface area contributed by atoms with Crippen molar-refractivity contribution in [1.29, 1.82) is 0 Å². The first-order chi connectivity index (χ1) is 11.0. The average Bonchev–Trinajstić information content (AvgIpc) is 2.56. The molecule has 0 fully saturated rings. The Morgan fingerprint density at radius 1 is 1.13 bits per heavy atom. The molecule has 0 aliphatic rings. The fourth-order valence-corrected chi connectivity index (χ4v) is 2.27. The number of aldehydes is 1. The van der Waals surface area contributed by atoms with Gasteiger partial charge >= 0.3 is 5.97 Å². The number of aryl methyl sites for hydroxylation is 1. The van der Waals surface area contributed by atoms with E-state index in [0.29, 0.717) is 45.2 Å². The number of hydrogen-bond donors (Lipinski definition) is 0. The Labute approximate surface area is 138 Å². The van der Waals surface area contributed by atoms with E-state index in [4.69, 9.17) is 25.8 Å². The van der Waals surface area contributed by atoms with Crippen LogP contribution in [0, 0.1) is 6.92 Å². The topological polar surface area (TPSA) is 61.8 Å². The van der Waals surface area contributed by atoms with Gasteiger partial charge in [-0.3, -0.25) is 4.79 Å². The molecule has 0 saturated carbocycles. The number of hydrogen-bond acceptors (Lipinski definition) is 5. The van der Waals surface area contributed by atoms with Crippen molar-refractivity contribution in [3.05, 3.63) is 52.0 Å². The third kappa shape index (κ3) is 3.63. The van der Waals surface area contributed by atoms with Crippen molar-refractivity contribution in [2.24, 2.45) is 0 Å². The van der Waals surface area contributed by atoms with Crippen molar-refractivity contribution in [2.75, 3.05) is 14.2 Å². The van der Waals surface area contributed by atoms with Gasteiger partial charge in [-0.1, -0.05) is 11.6 Å². The fraction of sp³-hybridized carbons (Fsp3) is 0.176. The molecule has 0 bridgehead atoms. The maximum atomic E-state index is 11.7. The van der Waals surface area contributed by atoms with Crippen LogP contribution in [-0.2, 0) is 4.74 Å². The van der Waals surface area contributed by atoms with E-state index in [2.05, 4.69) is 0 Å². The molecule has 6 heteroatoms. The third-order valence-corrected chi connectivity index (χ3v) is 3.48. The van der Waals surface area contributed by atoms with Crippen LogP contribution in [0.4, 0.5) is 0 Å². The highest BCUT2D eigenvalue weighted by Crippen LogP contribution is 2.38. The Balaban J connectivity index is 2.43. The second-order valence-electron chi connectivity index (χ2n) is 4.73. The fourth-order valence-electron chi connectivity index (χ4n) is 2.04. The Bertz CT molecular complexity index is 755. The Morgan fingerprint density at radius 3 is 2.43 bits per heavy atom. The van der Waals surface area contributed by atoms with E-state index in [1.54, 1.807) is 25.1 Å². The molecule has 2 rings (SSSR count). The van der Waals surface area contributed by atoms with Gasteiger partial charge in [0.05, 0.1) is 24.8 Å². The van der Waals surface area contributed by atoms with Crippen molar-refractivity contribution in [3.63, 3.8) is 0 Å². The van der Waals surface area contributed by atoms with Crippen molar-refractivity contribution in [1.82, 2.24) is 0 Å². The molecule has 0 amide bonds. The molecule has 0 N–H and O–H groups in total. The number of halogens is 1. The molecule has 120 valence electrons. The molecule has 0 atom stereocenters. The molecule has 0 aliphatic heterocycles. The average molecular weight is 335 g/mol. The number of rotatable bonds is 5. The van der Waals surface area contributed by atoms with Crippen molar-refractivity contribution in [2.45, 2.75) is 6.92 Å². The summed E-state index contributed by atoms with van der Waals surface area (Å²) in [6.45, 7) is 1.78. The van der Waals surface area contributed by atoms with Crippen LogP contribution < -0.4 is 9.47 Å². The van der Waals surface area contributed by atoms with E-state index in [-0.39, 0.29) is 0 Å². The van der Waals surface area contributed by atoms with Crippen LogP contribution >= 0.6 is 11.6 Å². The van der Waals surface area contributed by atoms with Gasteiger partial charge in [-0.2, -0.15) is 0 Å². The number of benzene rings is 2. The highest BCUT2D eigenvalue weighted by Gasteiger charge is 2.16. The number of carbonyl (C=O) groups is 2. The first-order valence-corrected chi connectivity index (χ1v) is 7.07. The van der Waals surface area contributed by atoms with E-state index in [1.165, 1.54) is 26.4 Å². The van der Waals surface area contributed by atoms with Gasteiger partial charge in [0.25, 0.3) is 0 Å². The zero-order valence-corrected chi connectivity index (χ0v) is 13.6. The van der Waals surface area contributed by atoms with E-state index in [9.17, 15) is 9.59 Å². The summed E-state index contributed by atoms with van der Waals surface area (Å²) in [6.07, 6.45) is 0.701. The van der Waals surface area contributed by atoms with E-state index in [1.807, 2.05) is 0 Å². The van der Waals surface area contributed by atoms with Gasteiger partial charge in [0.1, 0.15) is 12.0 Å². The molecular formula is C17H15ClO5. The lowest BCUT2D eigenvalue weighted by atomic mass is 10.1. The van der Waals surface area contributed by atoms with E-state index < -0.39 is 5.97 Å². The highest BCUT2D eigenvalue weighted by atomic mass is 35.5. The van der Waals surface area contributed by atoms with Crippen LogP contribution in [0.1, 0.15) is 26.3 Å². The Morgan fingerprint density at radius 2 is 1.87 bits per heavy atom. The molecule has 2 aromatic rings. The smallest absolute Gasteiger partial charge is 0.337 e. The third-order valence-electron chi connectivity index (χ3n) is 3.19. The number of ether oxygens (including phenoxy) is 3. The van der Waals surface area contributed by atoms with Gasteiger partial charge in [-0.15, -0.1) is 0 Å².